The van der Waals surface area contributed by atoms with E-state index in [-0.39, 0.29) is 0 Å². The Morgan fingerprint density at radius 1 is 1.70 bits per heavy atom. The molecule has 0 aliphatic heterocycles. The molecule has 0 saturated heterocycles. The molecule has 0 aliphatic carbocycles. The van der Waals surface area contributed by atoms with Crippen LogP contribution in [0.25, 0.3) is 0 Å². The van der Waals surface area contributed by atoms with Gasteiger partial charge in [-0.3, -0.25) is 9.32 Å². The van der Waals surface area contributed by atoms with Gasteiger partial charge in [-0.15, -0.1) is 0 Å². The Morgan fingerprint density at radius 2 is 2.20 bits per heavy atom. The molecule has 0 aromatic carbocycles. The van der Waals surface area contributed by atoms with Gasteiger partial charge in [0.25, 0.3) is 0 Å². The van der Waals surface area contributed by atoms with Gasteiger partial charge in [-0.25, -0.2) is 4.57 Å². The Bertz CT molecular complexity index is 153. The Hall–Kier alpha value is -0.260. The van der Waals surface area contributed by atoms with Crippen molar-refractivity contribution < 1.29 is 23.7 Å². The highest BCUT2D eigenvalue weighted by atomic mass is 31.2. The molecule has 0 amide bonds. The lowest BCUT2D eigenvalue weighted by atomic mass is 10.4. The van der Waals surface area contributed by atoms with Crippen LogP contribution in [0.2, 0.25) is 0 Å². The molecule has 59 valence electrons. The van der Waals surface area contributed by atoms with E-state index in [4.69, 9.17) is 15.5 Å². The zero-order valence-corrected chi connectivity index (χ0v) is 5.82. The van der Waals surface area contributed by atoms with Crippen LogP contribution in [0.1, 0.15) is 0 Å². The lowest BCUT2D eigenvalue weighted by Crippen LogP contribution is -2.26. The van der Waals surface area contributed by atoms with Gasteiger partial charge in [0.05, 0.1) is 12.6 Å². The van der Waals surface area contributed by atoms with Gasteiger partial charge in [0.2, 0.25) is 6.29 Å². The molecule has 0 spiro atoms. The number of phosphoric acid groups is 1. The highest BCUT2D eigenvalue weighted by Gasteiger charge is 2.15. The molecule has 1 radical (unpaired) electrons. The monoisotopic (exact) mass is 168 g/mol. The SMILES string of the molecule is N[C@H]([C]=O)COP(=O)(O)O. The second-order valence-corrected chi connectivity index (χ2v) is 2.75. The molecule has 4 N–H and O–H groups in total. The van der Waals surface area contributed by atoms with Crippen LogP contribution >= 0.6 is 7.82 Å². The summed E-state index contributed by atoms with van der Waals surface area (Å²) in [6.07, 6.45) is 1.30. The summed E-state index contributed by atoms with van der Waals surface area (Å²) in [7, 11) is -4.49. The van der Waals surface area contributed by atoms with E-state index in [2.05, 4.69) is 4.52 Å². The predicted molar refractivity (Wildman–Crippen MR) is 31.7 cm³/mol. The molecule has 1 atom stereocenters. The minimum Gasteiger partial charge on any atom is -0.319 e. The smallest absolute Gasteiger partial charge is 0.319 e. The van der Waals surface area contributed by atoms with Crippen LogP contribution in [0, 0.1) is 0 Å². The molecule has 0 rings (SSSR count). The second-order valence-electron chi connectivity index (χ2n) is 1.51. The fourth-order valence-electron chi connectivity index (χ4n) is 0.211. The van der Waals surface area contributed by atoms with Crippen LogP contribution in [0.3, 0.4) is 0 Å². The quantitative estimate of drug-likeness (QED) is 0.442. The lowest BCUT2D eigenvalue weighted by Gasteiger charge is -2.04. The van der Waals surface area contributed by atoms with Gasteiger partial charge >= 0.3 is 7.82 Å². The molecule has 0 heterocycles. The summed E-state index contributed by atoms with van der Waals surface area (Å²) in [6.45, 7) is -0.520. The predicted octanol–water partition coefficient (Wildman–Crippen LogP) is -1.47. The van der Waals surface area contributed by atoms with E-state index < -0.39 is 20.5 Å². The maximum absolute atomic E-state index is 9.94. The third-order valence-corrected chi connectivity index (χ3v) is 1.06. The van der Waals surface area contributed by atoms with Crippen molar-refractivity contribution in [1.82, 2.24) is 0 Å². The summed E-state index contributed by atoms with van der Waals surface area (Å²) in [5, 5.41) is 0. The fourth-order valence-corrected chi connectivity index (χ4v) is 0.566. The van der Waals surface area contributed by atoms with Crippen molar-refractivity contribution >= 4 is 14.1 Å². The van der Waals surface area contributed by atoms with Crippen LogP contribution in [-0.4, -0.2) is 28.7 Å². The molecule has 0 aromatic rings. The molecule has 0 fully saturated rings. The normalized spacial score (nSPS) is 14.7. The largest absolute Gasteiger partial charge is 0.469 e. The van der Waals surface area contributed by atoms with E-state index in [1.807, 2.05) is 0 Å². The number of hydrogen-bond donors (Lipinski definition) is 3. The van der Waals surface area contributed by atoms with Gasteiger partial charge in [0.15, 0.2) is 0 Å². The van der Waals surface area contributed by atoms with E-state index in [1.54, 1.807) is 0 Å². The van der Waals surface area contributed by atoms with Gasteiger partial charge < -0.3 is 15.5 Å². The van der Waals surface area contributed by atoms with Crippen LogP contribution in [0.5, 0.6) is 0 Å². The number of rotatable bonds is 4. The number of carbonyl (C=O) groups excluding carboxylic acids is 1. The highest BCUT2D eigenvalue weighted by Crippen LogP contribution is 2.35. The Balaban J connectivity index is 3.55. The second kappa shape index (κ2) is 3.80. The third kappa shape index (κ3) is 5.87. The molecular weight excluding hydrogens is 161 g/mol. The molecule has 0 unspecified atom stereocenters. The van der Waals surface area contributed by atoms with E-state index in [9.17, 15) is 9.36 Å². The number of phosphoric ester groups is 1. The van der Waals surface area contributed by atoms with Gasteiger partial charge in [0.1, 0.15) is 0 Å². The van der Waals surface area contributed by atoms with Gasteiger partial charge in [-0.05, 0) is 0 Å². The molecule has 0 bridgehead atoms. The van der Waals surface area contributed by atoms with E-state index in [0.29, 0.717) is 0 Å². The molecular formula is C3H7NO5P. The van der Waals surface area contributed by atoms with Crippen molar-refractivity contribution in [1.29, 1.82) is 0 Å². The van der Waals surface area contributed by atoms with E-state index in [1.165, 1.54) is 6.29 Å². The van der Waals surface area contributed by atoms with Crippen molar-refractivity contribution in [2.24, 2.45) is 5.73 Å². The molecule has 0 aliphatic rings. The maximum Gasteiger partial charge on any atom is 0.469 e. The molecule has 0 aromatic heterocycles. The summed E-state index contributed by atoms with van der Waals surface area (Å²) in [6, 6.07) is -1.10. The Kier molecular flexibility index (Phi) is 3.70. The fraction of sp³-hybridized carbons (Fsp3) is 0.667. The Morgan fingerprint density at radius 3 is 2.50 bits per heavy atom. The Labute approximate surface area is 57.2 Å². The molecule has 0 saturated carbocycles. The minimum absolute atomic E-state index is 0.520. The van der Waals surface area contributed by atoms with Crippen molar-refractivity contribution in [2.75, 3.05) is 6.61 Å². The first kappa shape index (κ1) is 9.74. The first-order chi connectivity index (χ1) is 4.45. The van der Waals surface area contributed by atoms with Crippen LogP contribution in [0.4, 0.5) is 0 Å². The number of nitrogens with two attached hydrogens (primary N) is 1. The summed E-state index contributed by atoms with van der Waals surface area (Å²) < 4.78 is 13.8. The van der Waals surface area contributed by atoms with Crippen molar-refractivity contribution in [3.63, 3.8) is 0 Å². The third-order valence-electron chi connectivity index (χ3n) is 0.574. The van der Waals surface area contributed by atoms with Crippen LogP contribution in [-0.2, 0) is 13.9 Å². The van der Waals surface area contributed by atoms with Crippen molar-refractivity contribution in [3.05, 3.63) is 0 Å². The average molecular weight is 168 g/mol. The molecule has 7 heteroatoms. The summed E-state index contributed by atoms with van der Waals surface area (Å²) in [5.74, 6) is 0. The van der Waals surface area contributed by atoms with Crippen LogP contribution in [0.15, 0.2) is 0 Å². The van der Waals surface area contributed by atoms with Gasteiger partial charge in [0, 0.05) is 0 Å². The standard InChI is InChI=1S/C3H7NO5P/c4-3(1-5)2-9-10(6,7)8/h3H,2,4H2,(H2,6,7,8)/t3-/m1/s1. The molecule has 6 nitrogen and oxygen atoms in total. The lowest BCUT2D eigenvalue weighted by molar-refractivity contribution is 0.195. The topological polar surface area (TPSA) is 110 Å². The first-order valence-corrected chi connectivity index (χ1v) is 3.82. The number of hydrogen-bond acceptors (Lipinski definition) is 4. The van der Waals surface area contributed by atoms with Gasteiger partial charge in [-0.1, -0.05) is 0 Å². The van der Waals surface area contributed by atoms with Crippen LogP contribution < -0.4 is 5.73 Å². The van der Waals surface area contributed by atoms with Crippen molar-refractivity contribution in [2.45, 2.75) is 6.04 Å². The highest BCUT2D eigenvalue weighted by molar-refractivity contribution is 7.46. The van der Waals surface area contributed by atoms with E-state index >= 15 is 0 Å². The summed E-state index contributed by atoms with van der Waals surface area (Å²) in [5.41, 5.74) is 4.89. The molecule has 10 heavy (non-hydrogen) atoms. The first-order valence-electron chi connectivity index (χ1n) is 2.29. The van der Waals surface area contributed by atoms with E-state index in [0.717, 1.165) is 0 Å². The zero-order valence-electron chi connectivity index (χ0n) is 4.93. The summed E-state index contributed by atoms with van der Waals surface area (Å²) >= 11 is 0. The van der Waals surface area contributed by atoms with Gasteiger partial charge in [-0.2, -0.15) is 0 Å². The maximum atomic E-state index is 9.94. The minimum atomic E-state index is -4.49. The van der Waals surface area contributed by atoms with Crippen molar-refractivity contribution in [3.8, 4) is 0 Å². The summed E-state index contributed by atoms with van der Waals surface area (Å²) in [4.78, 5) is 25.8. The zero-order chi connectivity index (χ0) is 8.20. The average Bonchev–Trinajstić information content (AvgIpc) is 1.81.